The molecule has 0 saturated heterocycles. The molecule has 0 heterocycles. The molecule has 0 fully saturated rings. The molecule has 0 aliphatic heterocycles. The number of phosphoric acid groups is 2. The Hall–Kier alpha value is 0.530. The Kier molecular flexibility index (Phi) is 5.42. The third-order valence-electron chi connectivity index (χ3n) is 1.37. The zero-order chi connectivity index (χ0) is 14.0. The first-order valence-corrected chi connectivity index (χ1v) is 8.55. The van der Waals surface area contributed by atoms with Crippen molar-refractivity contribution in [3.8, 4) is 0 Å². The van der Waals surface area contributed by atoms with Crippen LogP contribution in [0.4, 0.5) is 0 Å². The summed E-state index contributed by atoms with van der Waals surface area (Å²) in [5, 5.41) is 0. The fourth-order valence-electron chi connectivity index (χ4n) is 0.786. The molecule has 106 valence electrons. The third kappa shape index (κ3) is 4.96. The van der Waals surface area contributed by atoms with Gasteiger partial charge in [0.1, 0.15) is 0 Å². The first-order chi connectivity index (χ1) is 7.41. The fourth-order valence-corrected chi connectivity index (χ4v) is 6.00. The van der Waals surface area contributed by atoms with Crippen LogP contribution in [0.2, 0.25) is 0 Å². The maximum atomic E-state index is 10.7. The van der Waals surface area contributed by atoms with Gasteiger partial charge in [0.25, 0.3) is 0 Å². The van der Waals surface area contributed by atoms with E-state index in [1.54, 1.807) is 0 Å². The zero-order valence-electron chi connectivity index (χ0n) is 8.99. The number of hydrogen-bond donors (Lipinski definition) is 4. The van der Waals surface area contributed by atoms with Crippen molar-refractivity contribution in [2.75, 3.05) is 21.3 Å². The topological polar surface area (TPSA) is 161 Å². The molecule has 0 unspecified atom stereocenters. The molecule has 4 N–H and O–H groups in total. The van der Waals surface area contributed by atoms with Gasteiger partial charge in [-0.3, -0.25) is 0 Å². The van der Waals surface area contributed by atoms with Gasteiger partial charge in [-0.2, -0.15) is 0 Å². The van der Waals surface area contributed by atoms with Crippen LogP contribution >= 0.6 is 23.4 Å². The van der Waals surface area contributed by atoms with Gasteiger partial charge in [-0.15, -0.1) is 0 Å². The van der Waals surface area contributed by atoms with Crippen LogP contribution in [0.15, 0.2) is 0 Å². The summed E-state index contributed by atoms with van der Waals surface area (Å²) in [6.07, 6.45) is 0. The number of hydrogen-bond acceptors (Lipinski definition) is 7. The molecule has 0 amide bonds. The van der Waals surface area contributed by atoms with Crippen molar-refractivity contribution in [1.82, 2.24) is 0 Å². The van der Waals surface area contributed by atoms with E-state index in [-0.39, 0.29) is 0 Å². The van der Waals surface area contributed by atoms with E-state index < -0.39 is 23.4 Å². The van der Waals surface area contributed by atoms with Gasteiger partial charge in [0.05, 0.1) is 0 Å². The van der Waals surface area contributed by atoms with E-state index in [1.165, 1.54) is 0 Å². The molecule has 0 aliphatic carbocycles. The summed E-state index contributed by atoms with van der Waals surface area (Å²) in [5.74, 6) is 0. The van der Waals surface area contributed by atoms with Gasteiger partial charge in [-0.25, -0.2) is 0 Å². The summed E-state index contributed by atoms with van der Waals surface area (Å²) < 4.78 is 42.9. The van der Waals surface area contributed by atoms with Crippen molar-refractivity contribution in [2.45, 2.75) is 0 Å². The Bertz CT molecular complexity index is 310. The van der Waals surface area contributed by atoms with E-state index in [4.69, 9.17) is 19.6 Å². The second kappa shape index (κ2) is 5.26. The van der Waals surface area contributed by atoms with Crippen LogP contribution in [0.1, 0.15) is 0 Å². The standard InChI is InChI=1S/C3H13O11P3/c1-10-17(11-2,12-3,13-15(4,5)6)14-16(7,8)9/h1-3H3,(H2,4,5,6)(H2,7,8,9). The van der Waals surface area contributed by atoms with Gasteiger partial charge in [-0.1, -0.05) is 0 Å². The van der Waals surface area contributed by atoms with Crippen LogP contribution in [0.5, 0.6) is 0 Å². The van der Waals surface area contributed by atoms with Gasteiger partial charge in [0.2, 0.25) is 0 Å². The normalized spacial score (nSPS) is 16.5. The van der Waals surface area contributed by atoms with Crippen LogP contribution in [0.3, 0.4) is 0 Å². The van der Waals surface area contributed by atoms with Crippen molar-refractivity contribution in [2.24, 2.45) is 0 Å². The Morgan fingerprint density at radius 2 is 1.00 bits per heavy atom. The predicted molar refractivity (Wildman–Crippen MR) is 54.2 cm³/mol. The molecule has 0 aliphatic rings. The summed E-state index contributed by atoms with van der Waals surface area (Å²) in [6.45, 7) is 0. The van der Waals surface area contributed by atoms with E-state index >= 15 is 0 Å². The summed E-state index contributed by atoms with van der Waals surface area (Å²) >= 11 is 0. The van der Waals surface area contributed by atoms with E-state index in [0.717, 1.165) is 21.3 Å². The quantitative estimate of drug-likeness (QED) is 0.477. The zero-order valence-corrected chi connectivity index (χ0v) is 11.7. The third-order valence-corrected chi connectivity index (χ3v) is 7.00. The first kappa shape index (κ1) is 17.5. The molecule has 0 radical (unpaired) electrons. The minimum absolute atomic E-state index is 0.774. The van der Waals surface area contributed by atoms with Crippen LogP contribution in [-0.4, -0.2) is 40.9 Å². The second-order valence-corrected chi connectivity index (χ2v) is 8.29. The monoisotopic (exact) mass is 318 g/mol. The molecule has 0 aromatic heterocycles. The second-order valence-electron chi connectivity index (χ2n) is 2.44. The average Bonchev–Trinajstić information content (AvgIpc) is 2.13. The van der Waals surface area contributed by atoms with Crippen molar-refractivity contribution in [1.29, 1.82) is 0 Å². The summed E-state index contributed by atoms with van der Waals surface area (Å²) in [5.41, 5.74) is 0. The van der Waals surface area contributed by atoms with Crippen molar-refractivity contribution in [3.63, 3.8) is 0 Å². The van der Waals surface area contributed by atoms with Crippen molar-refractivity contribution in [3.05, 3.63) is 0 Å². The molecule has 11 nitrogen and oxygen atoms in total. The Balaban J connectivity index is 5.62. The van der Waals surface area contributed by atoms with Crippen molar-refractivity contribution >= 4 is 23.4 Å². The van der Waals surface area contributed by atoms with Crippen LogP contribution < -0.4 is 0 Å². The van der Waals surface area contributed by atoms with Crippen LogP contribution in [-0.2, 0) is 31.3 Å². The van der Waals surface area contributed by atoms with Crippen LogP contribution in [0, 0.1) is 0 Å². The predicted octanol–water partition coefficient (Wildman–Crippen LogP) is 0.272. The number of rotatable bonds is 7. The SMILES string of the molecule is COP(OC)(OC)(OP(=O)(O)O)OP(=O)(O)O. The van der Waals surface area contributed by atoms with Gasteiger partial charge in [0, 0.05) is 0 Å². The van der Waals surface area contributed by atoms with Gasteiger partial charge in [0.15, 0.2) is 0 Å². The molecule has 0 saturated carbocycles. The van der Waals surface area contributed by atoms with Gasteiger partial charge < -0.3 is 0 Å². The summed E-state index contributed by atoms with van der Waals surface area (Å²) in [7, 11) is -13.8. The molecule has 0 aromatic rings. The minimum atomic E-state index is -5.55. The van der Waals surface area contributed by atoms with Gasteiger partial charge >= 0.3 is 95.6 Å². The van der Waals surface area contributed by atoms with Gasteiger partial charge in [-0.05, 0) is 0 Å². The first-order valence-electron chi connectivity index (χ1n) is 3.67. The molecule has 0 atom stereocenters. The molecule has 17 heavy (non-hydrogen) atoms. The molecule has 14 heteroatoms. The van der Waals surface area contributed by atoms with E-state index in [0.29, 0.717) is 0 Å². The van der Waals surface area contributed by atoms with E-state index in [9.17, 15) is 9.13 Å². The summed E-state index contributed by atoms with van der Waals surface area (Å²) in [6, 6.07) is 0. The Morgan fingerprint density at radius 1 is 0.765 bits per heavy atom. The molecule has 0 rings (SSSR count). The maximum absolute atomic E-state index is 10.7. The Morgan fingerprint density at radius 3 is 1.12 bits per heavy atom. The summed E-state index contributed by atoms with van der Waals surface area (Å²) in [4.78, 5) is 34.6. The molecular formula is C3H13O11P3. The Labute approximate surface area is 96.4 Å². The molecule has 0 spiro atoms. The van der Waals surface area contributed by atoms with E-state index in [1.807, 2.05) is 0 Å². The fraction of sp³-hybridized carbons (Fsp3) is 1.00. The molecular weight excluding hydrogens is 305 g/mol. The van der Waals surface area contributed by atoms with E-state index in [2.05, 4.69) is 22.2 Å². The van der Waals surface area contributed by atoms with Crippen LogP contribution in [0.25, 0.3) is 0 Å². The van der Waals surface area contributed by atoms with Crippen molar-refractivity contribution < 1.29 is 50.9 Å². The molecule has 0 aromatic carbocycles. The average molecular weight is 318 g/mol. The molecule has 0 bridgehead atoms.